The lowest BCUT2D eigenvalue weighted by molar-refractivity contribution is -0.142. The summed E-state index contributed by atoms with van der Waals surface area (Å²) in [6.07, 6.45) is 3.43. The van der Waals surface area contributed by atoms with Crippen molar-refractivity contribution in [2.45, 2.75) is 46.0 Å². The summed E-state index contributed by atoms with van der Waals surface area (Å²) in [5.41, 5.74) is 0. The zero-order valence-electron chi connectivity index (χ0n) is 12.8. The predicted molar refractivity (Wildman–Crippen MR) is 77.9 cm³/mol. The van der Waals surface area contributed by atoms with Gasteiger partial charge in [0, 0.05) is 13.0 Å². The molecule has 0 radical (unpaired) electrons. The Morgan fingerprint density at radius 1 is 1.10 bits per heavy atom. The van der Waals surface area contributed by atoms with E-state index in [1.165, 1.54) is 0 Å². The molecule has 122 valence electrons. The van der Waals surface area contributed by atoms with Gasteiger partial charge in [-0.25, -0.2) is 4.79 Å². The normalized spacial score (nSPS) is 11.5. The SMILES string of the molecule is CCCC(CCNC(=O)NCC(=O)OCC)CCC(=O)O. The maximum absolute atomic E-state index is 11.4. The van der Waals surface area contributed by atoms with E-state index in [1.807, 2.05) is 6.92 Å². The minimum Gasteiger partial charge on any atom is -0.481 e. The summed E-state index contributed by atoms with van der Waals surface area (Å²) in [5.74, 6) is -0.981. The minimum atomic E-state index is -0.795. The predicted octanol–water partition coefficient (Wildman–Crippen LogP) is 1.52. The molecule has 0 spiro atoms. The molecule has 7 nitrogen and oxygen atoms in total. The molecule has 0 aliphatic carbocycles. The van der Waals surface area contributed by atoms with Crippen molar-refractivity contribution in [3.05, 3.63) is 0 Å². The number of aliphatic carboxylic acids is 1. The number of nitrogens with one attached hydrogen (secondary N) is 2. The van der Waals surface area contributed by atoms with Gasteiger partial charge in [0.25, 0.3) is 0 Å². The van der Waals surface area contributed by atoms with Crippen molar-refractivity contribution in [1.29, 1.82) is 0 Å². The van der Waals surface area contributed by atoms with Crippen LogP contribution in [0.5, 0.6) is 0 Å². The molecule has 1 atom stereocenters. The Morgan fingerprint density at radius 3 is 2.38 bits per heavy atom. The second kappa shape index (κ2) is 12.0. The van der Waals surface area contributed by atoms with Crippen LogP contribution in [0.15, 0.2) is 0 Å². The molecule has 3 N–H and O–H groups in total. The van der Waals surface area contributed by atoms with Gasteiger partial charge in [0.15, 0.2) is 0 Å². The highest BCUT2D eigenvalue weighted by Crippen LogP contribution is 2.16. The highest BCUT2D eigenvalue weighted by Gasteiger charge is 2.11. The zero-order valence-corrected chi connectivity index (χ0v) is 12.8. The number of hydrogen-bond donors (Lipinski definition) is 3. The topological polar surface area (TPSA) is 105 Å². The van der Waals surface area contributed by atoms with Crippen LogP contribution in [0.3, 0.4) is 0 Å². The van der Waals surface area contributed by atoms with Gasteiger partial charge in [-0.05, 0) is 25.7 Å². The highest BCUT2D eigenvalue weighted by molar-refractivity contribution is 5.80. The summed E-state index contributed by atoms with van der Waals surface area (Å²) in [6.45, 7) is 4.33. The van der Waals surface area contributed by atoms with Gasteiger partial charge in [-0.3, -0.25) is 9.59 Å². The number of amides is 2. The van der Waals surface area contributed by atoms with Crippen LogP contribution in [-0.2, 0) is 14.3 Å². The Morgan fingerprint density at radius 2 is 1.81 bits per heavy atom. The number of esters is 1. The molecule has 0 fully saturated rings. The van der Waals surface area contributed by atoms with E-state index in [1.54, 1.807) is 6.92 Å². The van der Waals surface area contributed by atoms with E-state index in [0.717, 1.165) is 19.3 Å². The third-order valence-electron chi connectivity index (χ3n) is 3.00. The number of urea groups is 1. The van der Waals surface area contributed by atoms with Gasteiger partial charge in [0.2, 0.25) is 0 Å². The van der Waals surface area contributed by atoms with Gasteiger partial charge in [0.1, 0.15) is 6.54 Å². The Hall–Kier alpha value is -1.79. The minimum absolute atomic E-state index is 0.153. The van der Waals surface area contributed by atoms with Crippen molar-refractivity contribution in [2.24, 2.45) is 5.92 Å². The maximum atomic E-state index is 11.4. The first-order chi connectivity index (χ1) is 9.99. The summed E-state index contributed by atoms with van der Waals surface area (Å²) in [6, 6.07) is -0.420. The monoisotopic (exact) mass is 302 g/mol. The third kappa shape index (κ3) is 11.7. The fourth-order valence-corrected chi connectivity index (χ4v) is 1.99. The van der Waals surface area contributed by atoms with Crippen molar-refractivity contribution in [1.82, 2.24) is 10.6 Å². The summed E-state index contributed by atoms with van der Waals surface area (Å²) in [7, 11) is 0. The van der Waals surface area contributed by atoms with E-state index < -0.39 is 18.0 Å². The summed E-state index contributed by atoms with van der Waals surface area (Å²) < 4.78 is 4.68. The molecule has 0 saturated heterocycles. The molecular weight excluding hydrogens is 276 g/mol. The number of carboxylic acid groups (broad SMARTS) is 1. The van der Waals surface area contributed by atoms with Crippen molar-refractivity contribution in [2.75, 3.05) is 19.7 Å². The zero-order chi connectivity index (χ0) is 16.1. The standard InChI is InChI=1S/C14H26N2O5/c1-3-5-11(6-7-12(17)18)8-9-15-14(20)16-10-13(19)21-4-2/h11H,3-10H2,1-2H3,(H,17,18)(H2,15,16,20). The Bertz CT molecular complexity index is 333. The lowest BCUT2D eigenvalue weighted by Gasteiger charge is -2.15. The van der Waals surface area contributed by atoms with Crippen LogP contribution in [0, 0.1) is 5.92 Å². The van der Waals surface area contributed by atoms with E-state index in [-0.39, 0.29) is 25.5 Å². The van der Waals surface area contributed by atoms with Crippen LogP contribution in [0.2, 0.25) is 0 Å². The number of rotatable bonds is 11. The van der Waals surface area contributed by atoms with Gasteiger partial charge in [-0.1, -0.05) is 19.8 Å². The summed E-state index contributed by atoms with van der Waals surface area (Å²) >= 11 is 0. The van der Waals surface area contributed by atoms with Crippen molar-refractivity contribution in [3.63, 3.8) is 0 Å². The first kappa shape index (κ1) is 19.2. The van der Waals surface area contributed by atoms with Crippen LogP contribution in [-0.4, -0.2) is 42.8 Å². The van der Waals surface area contributed by atoms with Crippen LogP contribution >= 0.6 is 0 Å². The largest absolute Gasteiger partial charge is 0.481 e. The molecule has 0 bridgehead atoms. The third-order valence-corrected chi connectivity index (χ3v) is 3.00. The van der Waals surface area contributed by atoms with Gasteiger partial charge in [-0.2, -0.15) is 0 Å². The molecule has 7 heteroatoms. The first-order valence-electron chi connectivity index (χ1n) is 7.38. The van der Waals surface area contributed by atoms with Crippen LogP contribution in [0.1, 0.15) is 46.0 Å². The van der Waals surface area contributed by atoms with Crippen molar-refractivity contribution in [3.8, 4) is 0 Å². The molecule has 21 heavy (non-hydrogen) atoms. The van der Waals surface area contributed by atoms with Gasteiger partial charge in [-0.15, -0.1) is 0 Å². The number of ether oxygens (including phenoxy) is 1. The first-order valence-corrected chi connectivity index (χ1v) is 7.38. The molecule has 0 heterocycles. The molecule has 2 amide bonds. The summed E-state index contributed by atoms with van der Waals surface area (Å²) in [5, 5.41) is 13.7. The molecule has 0 aromatic rings. The molecule has 0 rings (SSSR count). The second-order valence-corrected chi connectivity index (χ2v) is 4.79. The van der Waals surface area contributed by atoms with E-state index in [0.29, 0.717) is 13.0 Å². The van der Waals surface area contributed by atoms with Crippen LogP contribution in [0.4, 0.5) is 4.79 Å². The van der Waals surface area contributed by atoms with Crippen LogP contribution in [0.25, 0.3) is 0 Å². The highest BCUT2D eigenvalue weighted by atomic mass is 16.5. The second-order valence-electron chi connectivity index (χ2n) is 4.79. The Kier molecular flexibility index (Phi) is 11.0. The van der Waals surface area contributed by atoms with E-state index in [2.05, 4.69) is 15.4 Å². The molecule has 0 aromatic heterocycles. The Labute approximate surface area is 125 Å². The van der Waals surface area contributed by atoms with Crippen molar-refractivity contribution >= 4 is 18.0 Å². The maximum Gasteiger partial charge on any atom is 0.325 e. The van der Waals surface area contributed by atoms with Gasteiger partial charge < -0.3 is 20.5 Å². The van der Waals surface area contributed by atoms with E-state index in [4.69, 9.17) is 5.11 Å². The fourth-order valence-electron chi connectivity index (χ4n) is 1.99. The molecular formula is C14H26N2O5. The molecule has 1 unspecified atom stereocenters. The molecule has 0 saturated carbocycles. The van der Waals surface area contributed by atoms with Crippen LogP contribution < -0.4 is 10.6 Å². The molecule has 0 aliphatic heterocycles. The lowest BCUT2D eigenvalue weighted by atomic mass is 9.94. The average molecular weight is 302 g/mol. The van der Waals surface area contributed by atoms with Crippen molar-refractivity contribution < 1.29 is 24.2 Å². The average Bonchev–Trinajstić information content (AvgIpc) is 2.42. The Balaban J connectivity index is 3.83. The lowest BCUT2D eigenvalue weighted by Crippen LogP contribution is -2.39. The quantitative estimate of drug-likeness (QED) is 0.502. The number of hydrogen-bond acceptors (Lipinski definition) is 4. The number of carbonyl (C=O) groups excluding carboxylic acids is 2. The molecule has 0 aromatic carbocycles. The van der Waals surface area contributed by atoms with Gasteiger partial charge in [0.05, 0.1) is 6.61 Å². The van der Waals surface area contributed by atoms with E-state index >= 15 is 0 Å². The smallest absolute Gasteiger partial charge is 0.325 e. The number of carbonyl (C=O) groups is 3. The van der Waals surface area contributed by atoms with Gasteiger partial charge >= 0.3 is 18.0 Å². The van der Waals surface area contributed by atoms with E-state index in [9.17, 15) is 14.4 Å². The molecule has 0 aliphatic rings. The fraction of sp³-hybridized carbons (Fsp3) is 0.786. The summed E-state index contributed by atoms with van der Waals surface area (Å²) in [4.78, 5) is 33.0. The number of carboxylic acids is 1.